The number of carboxylic acids is 1. The van der Waals surface area contributed by atoms with E-state index < -0.39 is 142 Å². The fraction of sp³-hybridized carbons (Fsp3) is 0.333. The molecule has 0 spiro atoms. The maximum absolute atomic E-state index is 14.9. The molecule has 0 saturated carbocycles. The normalized spacial score (nSPS) is 17.6. The zero-order chi connectivity index (χ0) is 63.0. The molecule has 85 heavy (non-hydrogen) atoms. The van der Waals surface area contributed by atoms with E-state index in [0.29, 0.717) is 12.7 Å². The van der Waals surface area contributed by atoms with Gasteiger partial charge in [-0.15, -0.1) is 0 Å². The summed E-state index contributed by atoms with van der Waals surface area (Å²) in [5, 5.41) is 25.4. The van der Waals surface area contributed by atoms with E-state index in [2.05, 4.69) is 50.6 Å². The molecule has 14 N–H and O–H groups in total. The second kappa shape index (κ2) is 27.6. The Kier molecular flexibility index (Phi) is 22.0. The van der Waals surface area contributed by atoms with Gasteiger partial charge in [0.25, 0.3) is 32.1 Å². The van der Waals surface area contributed by atoms with Crippen LogP contribution in [0, 0.1) is 17.3 Å². The number of nitrogen functional groups attached to an aromatic ring is 2. The van der Waals surface area contributed by atoms with Gasteiger partial charge in [0, 0.05) is 71.9 Å². The van der Waals surface area contributed by atoms with Crippen LogP contribution in [0.3, 0.4) is 0 Å². The minimum atomic E-state index is -5.93. The molecular weight excluding hydrogens is 1280 g/mol. The number of aromatic nitrogens is 2. The summed E-state index contributed by atoms with van der Waals surface area (Å²) in [6, 6.07) is 7.75. The quantitative estimate of drug-likeness (QED) is 0.00290. The number of hydrogen-bond acceptors (Lipinski definition) is 25. The van der Waals surface area contributed by atoms with Crippen molar-refractivity contribution >= 4 is 106 Å². The summed E-state index contributed by atoms with van der Waals surface area (Å²) in [5.41, 5.74) is 16.7. The molecule has 2 amide bonds. The summed E-state index contributed by atoms with van der Waals surface area (Å²) in [6.45, 7) is -0.493. The number of azide groups is 1. The average molecular weight is 1330 g/mol. The van der Waals surface area contributed by atoms with Crippen molar-refractivity contribution in [3.63, 3.8) is 0 Å². The summed E-state index contributed by atoms with van der Waals surface area (Å²) in [4.78, 5) is 92.1. The highest BCUT2D eigenvalue weighted by atomic mass is 33.1. The summed E-state index contributed by atoms with van der Waals surface area (Å²) in [6.07, 6.45) is -3.88. The number of nitrogens with one attached hydrogen (secondary N) is 3. The first-order valence-electron chi connectivity index (χ1n) is 23.3. The Morgan fingerprint density at radius 2 is 1.72 bits per heavy atom. The molecule has 460 valence electrons. The number of phosphoric acid groups is 3. The van der Waals surface area contributed by atoms with Crippen LogP contribution in [-0.4, -0.2) is 134 Å². The Bertz CT molecular complexity index is 4040. The van der Waals surface area contributed by atoms with Gasteiger partial charge in [-0.3, -0.25) is 33.2 Å². The number of alkyl halides is 1. The number of carbonyl (C=O) groups excluding carboxylic acids is 2. The molecule has 1 fully saturated rings. The molecule has 35 nitrogen and oxygen atoms in total. The van der Waals surface area contributed by atoms with Crippen LogP contribution in [0.2, 0.25) is 0 Å². The third kappa shape index (κ3) is 18.3. The summed E-state index contributed by atoms with van der Waals surface area (Å²) in [7, 11) is -25.3. The lowest BCUT2D eigenvalue weighted by atomic mass is 9.89. The number of hydrogen-bond donors (Lipinski definition) is 12. The van der Waals surface area contributed by atoms with E-state index in [1.807, 2.05) is 0 Å². The van der Waals surface area contributed by atoms with E-state index >= 15 is 0 Å². The molecule has 43 heteroatoms. The molecule has 1 saturated heterocycles. The van der Waals surface area contributed by atoms with Crippen LogP contribution in [0.4, 0.5) is 15.9 Å². The Balaban J connectivity index is 0.982. The van der Waals surface area contributed by atoms with Crippen molar-refractivity contribution in [2.24, 2.45) is 5.11 Å². The molecule has 2 aromatic carbocycles. The van der Waals surface area contributed by atoms with Crippen LogP contribution < -0.4 is 33.1 Å². The molecule has 3 aliphatic rings. The molecule has 1 aromatic heterocycles. The number of carbonyl (C=O) groups is 3. The van der Waals surface area contributed by atoms with Crippen LogP contribution in [0.5, 0.6) is 0 Å². The smallest absolute Gasteiger partial charge is 0.478 e. The largest absolute Gasteiger partial charge is 0.490 e. The minimum Gasteiger partial charge on any atom is -0.478 e. The highest BCUT2D eigenvalue weighted by Crippen LogP contribution is 2.66. The molecule has 3 heterocycles. The van der Waals surface area contributed by atoms with Crippen LogP contribution in [0.1, 0.15) is 58.7 Å². The molecule has 3 aromatic rings. The topological polar surface area (TPSA) is 564 Å². The predicted molar refractivity (Wildman–Crippen MR) is 292 cm³/mol. The lowest BCUT2D eigenvalue weighted by Crippen LogP contribution is -2.35. The maximum atomic E-state index is 14.9. The molecule has 6 rings (SSSR count). The SMILES string of the molecule is C[C@@](F)(N=[N+]=[N-])O[C@@H]1C[C@H](n2cc(C#CCNC(=O)CCCOCSSCCNC(=O)c3ccc(C(=O)O)c(-c4c5ccc(=N)c(S(=O)(=O)O)c-5oc5c(S(=O)(=O)O)c(N)ccc45)c3)c(N)nc2=O)O[C@@H]1COP(=O)(O)OP(=O)(O)OP(=O)(O)O. The van der Waals surface area contributed by atoms with Crippen molar-refractivity contribution in [2.45, 2.75) is 60.4 Å². The molecule has 0 radical (unpaired) electrons. The number of fused-ring (bicyclic) bond motifs is 2. The number of anilines is 2. The van der Waals surface area contributed by atoms with Gasteiger partial charge in [0.05, 0.1) is 41.4 Å². The Morgan fingerprint density at radius 1 is 1.01 bits per heavy atom. The monoisotopic (exact) mass is 1330 g/mol. The number of carboxylic acid groups (broad SMARTS) is 1. The number of ether oxygens (including phenoxy) is 3. The minimum absolute atomic E-state index is 0.00233. The second-order valence-corrected chi connectivity index (χ2v) is 26.9. The van der Waals surface area contributed by atoms with Crippen LogP contribution in [0.25, 0.3) is 43.9 Å². The van der Waals surface area contributed by atoms with Crippen molar-refractivity contribution in [2.75, 3.05) is 49.5 Å². The summed E-state index contributed by atoms with van der Waals surface area (Å²) < 4.78 is 155. The Hall–Kier alpha value is -6.37. The molecule has 6 atom stereocenters. The first-order chi connectivity index (χ1) is 39.5. The highest BCUT2D eigenvalue weighted by Gasteiger charge is 2.46. The highest BCUT2D eigenvalue weighted by molar-refractivity contribution is 8.76. The number of phosphoric ester groups is 1. The molecule has 2 aliphatic heterocycles. The van der Waals surface area contributed by atoms with Crippen LogP contribution >= 0.6 is 45.1 Å². The van der Waals surface area contributed by atoms with Gasteiger partial charge in [0.2, 0.25) is 5.91 Å². The predicted octanol–water partition coefficient (Wildman–Crippen LogP) is 3.60. The molecule has 0 bridgehead atoms. The van der Waals surface area contributed by atoms with E-state index in [9.17, 15) is 78.1 Å². The number of benzene rings is 3. The van der Waals surface area contributed by atoms with Crippen molar-refractivity contribution < 1.29 is 115 Å². The fourth-order valence-electron chi connectivity index (χ4n) is 7.85. The first-order valence-corrected chi connectivity index (χ1v) is 33.2. The van der Waals surface area contributed by atoms with Gasteiger partial charge in [-0.1, -0.05) is 33.4 Å². The summed E-state index contributed by atoms with van der Waals surface area (Å²) >= 11 is 0. The second-order valence-electron chi connectivity index (χ2n) is 17.3. The van der Waals surface area contributed by atoms with E-state index in [0.717, 1.165) is 41.1 Å². The molecular formula is C42H46FN10O25P3S4. The Morgan fingerprint density at radius 3 is 2.38 bits per heavy atom. The van der Waals surface area contributed by atoms with Gasteiger partial charge in [0.15, 0.2) is 21.1 Å². The third-order valence-electron chi connectivity index (χ3n) is 11.1. The zero-order valence-corrected chi connectivity index (χ0v) is 48.9. The average Bonchev–Trinajstić information content (AvgIpc) is 1.64. The van der Waals surface area contributed by atoms with E-state index in [-0.39, 0.29) is 77.5 Å². The number of halogens is 1. The number of nitrogens with zero attached hydrogens (tertiary/aromatic N) is 5. The van der Waals surface area contributed by atoms with Crippen molar-refractivity contribution in [1.82, 2.24) is 20.2 Å². The van der Waals surface area contributed by atoms with Gasteiger partial charge in [-0.2, -0.15) is 30.4 Å². The van der Waals surface area contributed by atoms with E-state index in [1.54, 1.807) is 0 Å². The van der Waals surface area contributed by atoms with E-state index in [1.165, 1.54) is 33.7 Å². The maximum Gasteiger partial charge on any atom is 0.490 e. The lowest BCUT2D eigenvalue weighted by molar-refractivity contribution is -0.178. The van der Waals surface area contributed by atoms with E-state index in [4.69, 9.17) is 50.8 Å². The van der Waals surface area contributed by atoms with Gasteiger partial charge >= 0.3 is 35.1 Å². The van der Waals surface area contributed by atoms with Crippen LogP contribution in [-0.2, 0) is 66.1 Å². The van der Waals surface area contributed by atoms with Gasteiger partial charge in [-0.05, 0) is 65.1 Å². The number of amides is 2. The van der Waals surface area contributed by atoms with Gasteiger partial charge < -0.3 is 65.4 Å². The Labute approximate surface area is 484 Å². The number of rotatable bonds is 27. The standard InChI is InChI=1S/C42H46FN10O25P3S4/c1-42(43,51-52-47)76-29-17-32(74-30(29)19-73-80(62,63)78-81(64,65)77-79(59,60)61)53-18-22(38(46)50-41(53)58)4-2-12-48-31(54)5-3-14-72-20-83-82-15-13-49-39(55)21-6-7-23(40(56)57)26(16-21)33-24-8-10-27(44)36(84(66,67)68)34(24)75-35-25(33)9-11-28(45)37(35)85(69,70)71/h6-11,16,18,29-30,32,44H,3,5,12-15,17,19-20,45H2,1H3,(H,48,54)(H,49,55)(H,56,57)(H,62,63)(H,64,65)(H2,46,50,58)(H2,59,60,61)(H,66,67,68)(H,69,70,71)/t29-,30-,32-,42-/m1/s1. The number of nitrogens with two attached hydrogens (primary N) is 2. The zero-order valence-electron chi connectivity index (χ0n) is 42.9. The lowest BCUT2D eigenvalue weighted by Gasteiger charge is -2.24. The first kappa shape index (κ1) is 67.8. The van der Waals surface area contributed by atoms with Crippen molar-refractivity contribution in [3.05, 3.63) is 91.6 Å². The fourth-order valence-corrected chi connectivity index (χ4v) is 13.9. The van der Waals surface area contributed by atoms with Gasteiger partial charge in [0.1, 0.15) is 24.1 Å². The molecule has 2 unspecified atom stereocenters. The van der Waals surface area contributed by atoms with Crippen molar-refractivity contribution in [3.8, 4) is 34.3 Å². The summed E-state index contributed by atoms with van der Waals surface area (Å²) in [5.74, 6) is -1.22. The third-order valence-corrected chi connectivity index (χ3v) is 18.9. The van der Waals surface area contributed by atoms with Crippen LogP contribution in [0.15, 0.2) is 72.8 Å². The van der Waals surface area contributed by atoms with Gasteiger partial charge in [-0.25, -0.2) is 27.7 Å². The van der Waals surface area contributed by atoms with Crippen molar-refractivity contribution in [1.29, 1.82) is 5.41 Å². The molecule has 1 aliphatic carbocycles. The number of aromatic carboxylic acids is 1.